The number of pyridine rings is 1. The van der Waals surface area contributed by atoms with Crippen molar-refractivity contribution in [1.29, 1.82) is 0 Å². The normalized spacial score (nSPS) is 17.8. The fraction of sp³-hybridized carbons (Fsp3) is 0.400. The monoisotopic (exact) mass is 378 g/mol. The van der Waals surface area contributed by atoms with E-state index in [2.05, 4.69) is 4.98 Å². The first kappa shape index (κ1) is 19.4. The van der Waals surface area contributed by atoms with Crippen molar-refractivity contribution in [3.8, 4) is 0 Å². The average molecular weight is 378 g/mol. The predicted molar refractivity (Wildman–Crippen MR) is 94.2 cm³/mol. The lowest BCUT2D eigenvalue weighted by atomic mass is 10.0. The third-order valence-electron chi connectivity index (χ3n) is 4.54. The third-order valence-corrected chi connectivity index (χ3v) is 4.54. The molecule has 4 nitrogen and oxygen atoms in total. The van der Waals surface area contributed by atoms with Gasteiger partial charge in [-0.3, -0.25) is 9.78 Å². The molecule has 2 heterocycles. The number of carbonyl (C=O) groups is 1. The maximum Gasteiger partial charge on any atom is 0.416 e. The van der Waals surface area contributed by atoms with Crippen molar-refractivity contribution >= 4 is 5.91 Å². The molecule has 0 aliphatic carbocycles. The lowest BCUT2D eigenvalue weighted by Crippen LogP contribution is -2.41. The molecule has 0 N–H and O–H groups in total. The maximum absolute atomic E-state index is 12.9. The molecule has 0 saturated carbocycles. The summed E-state index contributed by atoms with van der Waals surface area (Å²) in [6.07, 6.45) is -4.33. The van der Waals surface area contributed by atoms with Crippen LogP contribution in [0.4, 0.5) is 13.2 Å². The first-order chi connectivity index (χ1) is 12.7. The van der Waals surface area contributed by atoms with Gasteiger partial charge in [-0.05, 0) is 42.7 Å². The van der Waals surface area contributed by atoms with Crippen LogP contribution in [0.2, 0.25) is 0 Å². The van der Waals surface area contributed by atoms with Crippen LogP contribution in [-0.2, 0) is 22.1 Å². The Morgan fingerprint density at radius 3 is 2.74 bits per heavy atom. The molecule has 0 unspecified atom stereocenters. The van der Waals surface area contributed by atoms with Gasteiger partial charge < -0.3 is 9.64 Å². The topological polar surface area (TPSA) is 42.4 Å². The molecule has 27 heavy (non-hydrogen) atoms. The number of morpholine rings is 1. The zero-order chi connectivity index (χ0) is 19.6. The zero-order valence-electron chi connectivity index (χ0n) is 15.2. The number of hydrogen-bond donors (Lipinski definition) is 0. The van der Waals surface area contributed by atoms with Crippen molar-refractivity contribution in [2.75, 3.05) is 19.7 Å². The van der Waals surface area contributed by atoms with E-state index in [-0.39, 0.29) is 12.0 Å². The van der Waals surface area contributed by atoms with Gasteiger partial charge in [-0.1, -0.05) is 18.2 Å². The van der Waals surface area contributed by atoms with Gasteiger partial charge in [-0.2, -0.15) is 13.2 Å². The zero-order valence-corrected chi connectivity index (χ0v) is 15.2. The summed E-state index contributed by atoms with van der Waals surface area (Å²) in [5.41, 5.74) is 2.25. The number of alkyl halides is 3. The summed E-state index contributed by atoms with van der Waals surface area (Å²) >= 11 is 0. The minimum atomic E-state index is -4.36. The molecule has 1 aromatic heterocycles. The number of halogens is 3. The van der Waals surface area contributed by atoms with Gasteiger partial charge in [0, 0.05) is 19.2 Å². The molecule has 1 aliphatic rings. The van der Waals surface area contributed by atoms with Gasteiger partial charge in [0.25, 0.3) is 0 Å². The molecule has 0 radical (unpaired) electrons. The molecule has 144 valence electrons. The van der Waals surface area contributed by atoms with Crippen molar-refractivity contribution in [2.24, 2.45) is 0 Å². The van der Waals surface area contributed by atoms with Crippen LogP contribution >= 0.6 is 0 Å². The van der Waals surface area contributed by atoms with Crippen LogP contribution in [-0.4, -0.2) is 35.5 Å². The van der Waals surface area contributed by atoms with Crippen molar-refractivity contribution in [3.05, 3.63) is 64.5 Å². The van der Waals surface area contributed by atoms with E-state index in [4.69, 9.17) is 4.74 Å². The van der Waals surface area contributed by atoms with Crippen molar-refractivity contribution in [3.63, 3.8) is 0 Å². The van der Waals surface area contributed by atoms with E-state index >= 15 is 0 Å². The highest BCUT2D eigenvalue weighted by atomic mass is 19.4. The number of benzene rings is 1. The Kier molecular flexibility index (Phi) is 5.51. The predicted octanol–water partition coefficient (Wildman–Crippen LogP) is 3.92. The first-order valence-corrected chi connectivity index (χ1v) is 8.73. The van der Waals surface area contributed by atoms with Gasteiger partial charge in [-0.25, -0.2) is 0 Å². The molecule has 7 heteroatoms. The van der Waals surface area contributed by atoms with Crippen LogP contribution in [0.15, 0.2) is 36.4 Å². The number of ether oxygens (including phenoxy) is 1. The largest absolute Gasteiger partial charge is 0.416 e. The highest BCUT2D eigenvalue weighted by molar-refractivity contribution is 5.73. The van der Waals surface area contributed by atoms with E-state index in [9.17, 15) is 18.0 Å². The highest BCUT2D eigenvalue weighted by Crippen LogP contribution is 2.30. The Hall–Kier alpha value is -2.41. The highest BCUT2D eigenvalue weighted by Gasteiger charge is 2.30. The maximum atomic E-state index is 12.9. The molecular formula is C20H21F3N2O2. The van der Waals surface area contributed by atoms with E-state index in [0.29, 0.717) is 37.4 Å². The first-order valence-electron chi connectivity index (χ1n) is 8.73. The van der Waals surface area contributed by atoms with Crippen molar-refractivity contribution in [1.82, 2.24) is 9.88 Å². The van der Waals surface area contributed by atoms with Crippen LogP contribution in [0.5, 0.6) is 0 Å². The van der Waals surface area contributed by atoms with Gasteiger partial charge in [0.15, 0.2) is 0 Å². The number of aromatic nitrogens is 1. The van der Waals surface area contributed by atoms with Crippen LogP contribution in [0.1, 0.15) is 41.1 Å². The van der Waals surface area contributed by atoms with Gasteiger partial charge in [0.2, 0.25) is 5.91 Å². The standard InChI is InChI=1S/C20H21F3N2O2/c1-13-8-16(9-15-4-3-5-17(10-15)20(21,22)23)11-18(24-13)19-12-25(14(2)26)6-7-27-19/h3-5,8,10-11,19H,6-7,9,12H2,1-2H3/t19-/m0/s1. The van der Waals surface area contributed by atoms with E-state index < -0.39 is 11.7 Å². The van der Waals surface area contributed by atoms with Gasteiger partial charge in [-0.15, -0.1) is 0 Å². The van der Waals surface area contributed by atoms with E-state index in [1.807, 2.05) is 19.1 Å². The lowest BCUT2D eigenvalue weighted by molar-refractivity contribution is -0.138. The minimum Gasteiger partial charge on any atom is -0.368 e. The van der Waals surface area contributed by atoms with E-state index in [1.165, 1.54) is 19.1 Å². The van der Waals surface area contributed by atoms with Gasteiger partial charge >= 0.3 is 6.18 Å². The average Bonchev–Trinajstić information content (AvgIpc) is 2.61. The van der Waals surface area contributed by atoms with Crippen LogP contribution in [0.3, 0.4) is 0 Å². The molecule has 1 saturated heterocycles. The Bertz CT molecular complexity index is 836. The number of amides is 1. The molecule has 1 fully saturated rings. The SMILES string of the molecule is CC(=O)N1CCO[C@H](c2cc(Cc3cccc(C(F)(F)F)c3)cc(C)n2)C1. The van der Waals surface area contributed by atoms with Gasteiger partial charge in [0.1, 0.15) is 6.10 Å². The molecule has 1 aliphatic heterocycles. The molecule has 1 aromatic carbocycles. The summed E-state index contributed by atoms with van der Waals surface area (Å²) in [7, 11) is 0. The molecule has 0 spiro atoms. The van der Waals surface area contributed by atoms with E-state index in [0.717, 1.165) is 17.3 Å². The Morgan fingerprint density at radius 2 is 2.04 bits per heavy atom. The second kappa shape index (κ2) is 7.68. The second-order valence-electron chi connectivity index (χ2n) is 6.74. The Labute approximate surface area is 156 Å². The molecule has 2 aromatic rings. The fourth-order valence-electron chi connectivity index (χ4n) is 3.24. The molecule has 0 bridgehead atoms. The molecule has 3 rings (SSSR count). The molecule has 1 atom stereocenters. The summed E-state index contributed by atoms with van der Waals surface area (Å²) in [5.74, 6) is -0.0138. The van der Waals surface area contributed by atoms with Crippen LogP contribution < -0.4 is 0 Å². The summed E-state index contributed by atoms with van der Waals surface area (Å²) in [6, 6.07) is 9.04. The summed E-state index contributed by atoms with van der Waals surface area (Å²) in [5, 5.41) is 0. The fourth-order valence-corrected chi connectivity index (χ4v) is 3.24. The Morgan fingerprint density at radius 1 is 1.26 bits per heavy atom. The summed E-state index contributed by atoms with van der Waals surface area (Å²) in [4.78, 5) is 17.8. The number of carbonyl (C=O) groups excluding carboxylic acids is 1. The number of rotatable bonds is 3. The van der Waals surface area contributed by atoms with E-state index in [1.54, 1.807) is 11.0 Å². The number of aryl methyl sites for hydroxylation is 1. The van der Waals surface area contributed by atoms with Crippen molar-refractivity contribution < 1.29 is 22.7 Å². The third kappa shape index (κ3) is 4.86. The summed E-state index contributed by atoms with van der Waals surface area (Å²) < 4.78 is 44.5. The quantitative estimate of drug-likeness (QED) is 0.813. The number of nitrogens with zero attached hydrogens (tertiary/aromatic N) is 2. The summed E-state index contributed by atoms with van der Waals surface area (Å²) in [6.45, 7) is 4.77. The Balaban J connectivity index is 1.83. The van der Waals surface area contributed by atoms with Crippen molar-refractivity contribution in [2.45, 2.75) is 32.5 Å². The molecular weight excluding hydrogens is 357 g/mol. The second-order valence-corrected chi connectivity index (χ2v) is 6.74. The van der Waals surface area contributed by atoms with Crippen LogP contribution in [0.25, 0.3) is 0 Å². The van der Waals surface area contributed by atoms with Crippen LogP contribution in [0, 0.1) is 6.92 Å². The smallest absolute Gasteiger partial charge is 0.368 e. The molecule has 1 amide bonds. The number of hydrogen-bond acceptors (Lipinski definition) is 3. The van der Waals surface area contributed by atoms with Gasteiger partial charge in [0.05, 0.1) is 24.4 Å². The minimum absolute atomic E-state index is 0.0138. The lowest BCUT2D eigenvalue weighted by Gasteiger charge is -2.32.